The van der Waals surface area contributed by atoms with Crippen molar-refractivity contribution >= 4 is 22.8 Å². The monoisotopic (exact) mass is 390 g/mol. The number of aromatic carboxylic acids is 1. The first-order valence-corrected chi connectivity index (χ1v) is 9.68. The lowest BCUT2D eigenvalue weighted by atomic mass is 10.1. The van der Waals surface area contributed by atoms with Crippen molar-refractivity contribution in [1.82, 2.24) is 5.43 Å². The molecule has 0 unspecified atom stereocenters. The van der Waals surface area contributed by atoms with Crippen molar-refractivity contribution in [1.29, 1.82) is 0 Å². The normalized spacial score (nSPS) is 15.6. The summed E-state index contributed by atoms with van der Waals surface area (Å²) in [4.78, 5) is 11.0. The van der Waals surface area contributed by atoms with E-state index in [1.165, 1.54) is 0 Å². The molecular weight excluding hydrogens is 372 g/mol. The fourth-order valence-electron chi connectivity index (χ4n) is 2.86. The van der Waals surface area contributed by atoms with Gasteiger partial charge in [-0.25, -0.2) is 4.79 Å². The third kappa shape index (κ3) is 4.02. The molecule has 28 heavy (non-hydrogen) atoms. The first-order chi connectivity index (χ1) is 13.7. The van der Waals surface area contributed by atoms with E-state index in [1.54, 1.807) is 36.0 Å². The van der Waals surface area contributed by atoms with Gasteiger partial charge in [-0.3, -0.25) is 5.43 Å². The average Bonchev–Trinajstić information content (AvgIpc) is 3.23. The summed E-state index contributed by atoms with van der Waals surface area (Å²) >= 11 is 1.65. The van der Waals surface area contributed by atoms with Crippen LogP contribution in [0.15, 0.2) is 84.0 Å². The van der Waals surface area contributed by atoms with Gasteiger partial charge in [0.15, 0.2) is 0 Å². The molecule has 1 aliphatic heterocycles. The molecule has 3 aromatic rings. The van der Waals surface area contributed by atoms with Gasteiger partial charge in [0.05, 0.1) is 5.56 Å². The van der Waals surface area contributed by atoms with Crippen molar-refractivity contribution in [3.05, 3.63) is 101 Å². The van der Waals surface area contributed by atoms with Crippen LogP contribution in [0.3, 0.4) is 0 Å². The largest absolute Gasteiger partial charge is 0.489 e. The number of carboxylic acid groups (broad SMARTS) is 1. The number of thioether (sulfide) groups is 1. The Hall–Kier alpha value is -3.25. The van der Waals surface area contributed by atoms with Gasteiger partial charge < -0.3 is 9.84 Å². The molecule has 1 aliphatic rings. The number of carbonyl (C=O) groups is 1. The third-order valence-corrected chi connectivity index (χ3v) is 5.48. The Labute approximate surface area is 167 Å². The van der Waals surface area contributed by atoms with Crippen molar-refractivity contribution in [3.63, 3.8) is 0 Å². The molecule has 0 aliphatic carbocycles. The van der Waals surface area contributed by atoms with E-state index in [-0.39, 0.29) is 10.9 Å². The second kappa shape index (κ2) is 8.19. The minimum atomic E-state index is -0.934. The van der Waals surface area contributed by atoms with Crippen molar-refractivity contribution in [3.8, 4) is 5.75 Å². The molecule has 0 amide bonds. The van der Waals surface area contributed by atoms with Gasteiger partial charge in [-0.2, -0.15) is 5.10 Å². The van der Waals surface area contributed by atoms with E-state index in [9.17, 15) is 4.79 Å². The van der Waals surface area contributed by atoms with Crippen molar-refractivity contribution in [2.24, 2.45) is 5.10 Å². The van der Waals surface area contributed by atoms with Gasteiger partial charge in [-0.15, -0.1) is 0 Å². The second-order valence-electron chi connectivity index (χ2n) is 6.24. The summed E-state index contributed by atoms with van der Waals surface area (Å²) in [5.74, 6) is -0.157. The fourth-order valence-corrected chi connectivity index (χ4v) is 3.89. The predicted octanol–water partition coefficient (Wildman–Crippen LogP) is 4.66. The molecule has 1 atom stereocenters. The predicted molar refractivity (Wildman–Crippen MR) is 111 cm³/mol. The molecule has 0 aromatic heterocycles. The number of nitrogens with one attached hydrogen (secondary N) is 1. The lowest BCUT2D eigenvalue weighted by Crippen LogP contribution is -2.09. The lowest BCUT2D eigenvalue weighted by molar-refractivity contribution is 0.0697. The molecule has 0 saturated heterocycles. The first-order valence-electron chi connectivity index (χ1n) is 8.80. The molecule has 0 spiro atoms. The molecule has 2 N–H and O–H groups in total. The summed E-state index contributed by atoms with van der Waals surface area (Å²) in [7, 11) is 0. The van der Waals surface area contributed by atoms with Gasteiger partial charge in [0, 0.05) is 11.1 Å². The maximum absolute atomic E-state index is 11.0. The fraction of sp³-hybridized carbons (Fsp3) is 0.0909. The highest BCUT2D eigenvalue weighted by molar-refractivity contribution is 8.14. The molecule has 0 bridgehead atoms. The summed E-state index contributed by atoms with van der Waals surface area (Å²) < 4.78 is 6.03. The first kappa shape index (κ1) is 18.1. The van der Waals surface area contributed by atoms with Gasteiger partial charge in [-0.05, 0) is 23.8 Å². The van der Waals surface area contributed by atoms with E-state index in [2.05, 4.69) is 10.5 Å². The summed E-state index contributed by atoms with van der Waals surface area (Å²) in [6.45, 7) is 0.362. The molecule has 4 rings (SSSR count). The molecule has 0 saturated carbocycles. The standard InChI is InChI=1S/C22H18N2O3S/c25-22(26)17-12-10-15(11-13-17)14-27-19-9-5-4-8-18(19)21-24-23-20(28-21)16-6-2-1-3-7-16/h1-13,21,24H,14H2,(H,25,26)/t21-/m1/s1. The van der Waals surface area contributed by atoms with Crippen LogP contribution in [-0.4, -0.2) is 16.1 Å². The van der Waals surface area contributed by atoms with Crippen LogP contribution in [0.25, 0.3) is 0 Å². The number of hydrogen-bond acceptors (Lipinski definition) is 5. The van der Waals surface area contributed by atoms with E-state index in [0.29, 0.717) is 6.61 Å². The Balaban J connectivity index is 1.45. The van der Waals surface area contributed by atoms with Gasteiger partial charge >= 0.3 is 5.97 Å². The molecule has 1 heterocycles. The quantitative estimate of drug-likeness (QED) is 0.640. The Morgan fingerprint density at radius 2 is 1.71 bits per heavy atom. The van der Waals surface area contributed by atoms with E-state index in [4.69, 9.17) is 9.84 Å². The molecule has 3 aromatic carbocycles. The van der Waals surface area contributed by atoms with Crippen LogP contribution in [0.2, 0.25) is 0 Å². The number of carboxylic acids is 1. The van der Waals surface area contributed by atoms with Crippen LogP contribution in [0.5, 0.6) is 5.75 Å². The molecule has 140 valence electrons. The zero-order valence-electron chi connectivity index (χ0n) is 14.9. The minimum Gasteiger partial charge on any atom is -0.489 e. The topological polar surface area (TPSA) is 70.9 Å². The third-order valence-electron chi connectivity index (χ3n) is 4.33. The maximum Gasteiger partial charge on any atom is 0.335 e. The van der Waals surface area contributed by atoms with Gasteiger partial charge in [0.2, 0.25) is 0 Å². The number of rotatable bonds is 6. The van der Waals surface area contributed by atoms with Gasteiger partial charge in [-0.1, -0.05) is 72.4 Å². The zero-order valence-corrected chi connectivity index (χ0v) is 15.7. The molecule has 6 heteroatoms. The molecule has 5 nitrogen and oxygen atoms in total. The van der Waals surface area contributed by atoms with Crippen LogP contribution >= 0.6 is 11.8 Å². The van der Waals surface area contributed by atoms with Crippen molar-refractivity contribution in [2.45, 2.75) is 12.0 Å². The number of para-hydroxylation sites is 1. The number of hydrogen-bond donors (Lipinski definition) is 2. The highest BCUT2D eigenvalue weighted by atomic mass is 32.2. The highest BCUT2D eigenvalue weighted by Gasteiger charge is 2.24. The lowest BCUT2D eigenvalue weighted by Gasteiger charge is -2.16. The van der Waals surface area contributed by atoms with Crippen LogP contribution < -0.4 is 10.2 Å². The number of ether oxygens (including phenoxy) is 1. The van der Waals surface area contributed by atoms with E-state index in [1.807, 2.05) is 54.6 Å². The number of hydrazone groups is 1. The van der Waals surface area contributed by atoms with Crippen LogP contribution in [0.1, 0.15) is 32.4 Å². The Morgan fingerprint density at radius 3 is 2.46 bits per heavy atom. The van der Waals surface area contributed by atoms with Crippen LogP contribution in [-0.2, 0) is 6.61 Å². The van der Waals surface area contributed by atoms with Gasteiger partial charge in [0.1, 0.15) is 22.8 Å². The average molecular weight is 390 g/mol. The zero-order chi connectivity index (χ0) is 19.3. The molecule has 0 fully saturated rings. The summed E-state index contributed by atoms with van der Waals surface area (Å²) in [5.41, 5.74) is 6.46. The van der Waals surface area contributed by atoms with E-state index in [0.717, 1.165) is 27.5 Å². The smallest absolute Gasteiger partial charge is 0.335 e. The summed E-state index contributed by atoms with van der Waals surface area (Å²) in [6, 6.07) is 24.6. The SMILES string of the molecule is O=C(O)c1ccc(COc2ccccc2[C@@H]2NN=C(c3ccccc3)S2)cc1. The van der Waals surface area contributed by atoms with Crippen molar-refractivity contribution < 1.29 is 14.6 Å². The second-order valence-corrected chi connectivity index (χ2v) is 7.33. The Morgan fingerprint density at radius 1 is 1.00 bits per heavy atom. The number of nitrogens with zero attached hydrogens (tertiary/aromatic N) is 1. The Bertz CT molecular complexity index is 1000. The molecule has 0 radical (unpaired) electrons. The van der Waals surface area contributed by atoms with Crippen LogP contribution in [0.4, 0.5) is 0 Å². The highest BCUT2D eigenvalue weighted by Crippen LogP contribution is 2.38. The number of benzene rings is 3. The summed E-state index contributed by atoms with van der Waals surface area (Å²) in [6.07, 6.45) is 0. The summed E-state index contributed by atoms with van der Waals surface area (Å²) in [5, 5.41) is 14.4. The van der Waals surface area contributed by atoms with E-state index >= 15 is 0 Å². The minimum absolute atomic E-state index is 0.0270. The Kier molecular flexibility index (Phi) is 5.30. The van der Waals surface area contributed by atoms with E-state index < -0.39 is 5.97 Å². The maximum atomic E-state index is 11.0. The van der Waals surface area contributed by atoms with Crippen LogP contribution in [0, 0.1) is 0 Å². The molecular formula is C22H18N2O3S. The van der Waals surface area contributed by atoms with Crippen molar-refractivity contribution in [2.75, 3.05) is 0 Å². The van der Waals surface area contributed by atoms with Gasteiger partial charge in [0.25, 0.3) is 0 Å².